The van der Waals surface area contributed by atoms with E-state index in [0.29, 0.717) is 5.92 Å². The summed E-state index contributed by atoms with van der Waals surface area (Å²) < 4.78 is 9.43. The topological polar surface area (TPSA) is 67.3 Å². The number of aromatic nitrogens is 2. The van der Waals surface area contributed by atoms with E-state index in [-0.39, 0.29) is 12.5 Å². The molecule has 1 aromatic heterocycles. The summed E-state index contributed by atoms with van der Waals surface area (Å²) in [6.07, 6.45) is 1.04. The summed E-state index contributed by atoms with van der Waals surface area (Å²) in [5.41, 5.74) is 0. The molecule has 2 heterocycles. The van der Waals surface area contributed by atoms with Crippen molar-refractivity contribution in [3.05, 3.63) is 5.82 Å². The number of aryl methyl sites for hydroxylation is 1. The van der Waals surface area contributed by atoms with Crippen LogP contribution in [0.25, 0.3) is 0 Å². The van der Waals surface area contributed by atoms with E-state index < -0.39 is 0 Å². The Bertz CT molecular complexity index is 326. The molecule has 1 aromatic rings. The lowest BCUT2D eigenvalue weighted by Crippen LogP contribution is -2.26. The third-order valence-corrected chi connectivity index (χ3v) is 3.67. The average molecular weight is 243 g/mol. The van der Waals surface area contributed by atoms with Gasteiger partial charge < -0.3 is 15.2 Å². The van der Waals surface area contributed by atoms with Gasteiger partial charge in [-0.15, -0.1) is 0 Å². The summed E-state index contributed by atoms with van der Waals surface area (Å²) in [5.74, 6) is 1.50. The van der Waals surface area contributed by atoms with Crippen molar-refractivity contribution in [2.24, 2.45) is 11.8 Å². The van der Waals surface area contributed by atoms with Gasteiger partial charge in [0.1, 0.15) is 5.82 Å². The second-order valence-electron chi connectivity index (χ2n) is 4.09. The van der Waals surface area contributed by atoms with Gasteiger partial charge in [-0.25, -0.2) is 4.98 Å². The number of nitrogens with zero attached hydrogens (tertiary/aromatic N) is 2. The highest BCUT2D eigenvalue weighted by atomic mass is 32.1. The molecule has 6 heteroatoms. The van der Waals surface area contributed by atoms with E-state index in [1.165, 1.54) is 11.5 Å². The molecular weight excluding hydrogens is 226 g/mol. The van der Waals surface area contributed by atoms with Crippen molar-refractivity contribution < 1.29 is 9.84 Å². The molecule has 1 fully saturated rings. The van der Waals surface area contributed by atoms with Gasteiger partial charge in [-0.05, 0) is 19.3 Å². The van der Waals surface area contributed by atoms with E-state index in [4.69, 9.17) is 4.74 Å². The molecule has 5 nitrogen and oxygen atoms in total. The molecular formula is C10H17N3O2S. The zero-order valence-electron chi connectivity index (χ0n) is 9.35. The van der Waals surface area contributed by atoms with Gasteiger partial charge in [-0.3, -0.25) is 0 Å². The van der Waals surface area contributed by atoms with E-state index >= 15 is 0 Å². The van der Waals surface area contributed by atoms with E-state index in [1.54, 1.807) is 0 Å². The number of anilines is 1. The first kappa shape index (κ1) is 11.8. The van der Waals surface area contributed by atoms with Crippen LogP contribution in [0.1, 0.15) is 12.2 Å². The molecule has 1 aliphatic rings. The van der Waals surface area contributed by atoms with Crippen LogP contribution in [0.3, 0.4) is 0 Å². The number of aliphatic hydroxyl groups is 1. The third kappa shape index (κ3) is 2.90. The zero-order chi connectivity index (χ0) is 11.4. The molecule has 0 unspecified atom stereocenters. The Kier molecular flexibility index (Phi) is 4.09. The van der Waals surface area contributed by atoms with Crippen LogP contribution in [0.2, 0.25) is 0 Å². The minimum absolute atomic E-state index is 0.193. The Hall–Kier alpha value is -0.720. The van der Waals surface area contributed by atoms with E-state index in [1.807, 2.05) is 6.92 Å². The monoisotopic (exact) mass is 243 g/mol. The molecule has 90 valence electrons. The predicted molar refractivity (Wildman–Crippen MR) is 62.6 cm³/mol. The number of hydrogen-bond donors (Lipinski definition) is 2. The highest BCUT2D eigenvalue weighted by molar-refractivity contribution is 7.09. The average Bonchev–Trinajstić information content (AvgIpc) is 2.91. The van der Waals surface area contributed by atoms with Gasteiger partial charge >= 0.3 is 0 Å². The fourth-order valence-electron chi connectivity index (χ4n) is 1.89. The van der Waals surface area contributed by atoms with E-state index in [9.17, 15) is 5.11 Å². The third-order valence-electron chi connectivity index (χ3n) is 2.91. The fourth-order valence-corrected chi connectivity index (χ4v) is 2.47. The van der Waals surface area contributed by atoms with Crippen molar-refractivity contribution in [3.8, 4) is 0 Å². The summed E-state index contributed by atoms with van der Waals surface area (Å²) in [4.78, 5) is 4.23. The Morgan fingerprint density at radius 3 is 3.12 bits per heavy atom. The first-order valence-electron chi connectivity index (χ1n) is 5.52. The SMILES string of the molecule is Cc1nsc(NC[C@@H](CO)[C@@H]2CCOC2)n1. The van der Waals surface area contributed by atoms with Gasteiger partial charge in [0.2, 0.25) is 5.13 Å². The van der Waals surface area contributed by atoms with Crippen LogP contribution < -0.4 is 5.32 Å². The second kappa shape index (κ2) is 5.56. The van der Waals surface area contributed by atoms with Crippen LogP contribution in [-0.4, -0.2) is 40.8 Å². The highest BCUT2D eigenvalue weighted by Crippen LogP contribution is 2.22. The van der Waals surface area contributed by atoms with E-state index in [2.05, 4.69) is 14.7 Å². The Morgan fingerprint density at radius 1 is 1.69 bits per heavy atom. The van der Waals surface area contributed by atoms with Crippen LogP contribution in [0.4, 0.5) is 5.13 Å². The lowest BCUT2D eigenvalue weighted by Gasteiger charge is -2.19. The molecule has 0 aromatic carbocycles. The van der Waals surface area contributed by atoms with Gasteiger partial charge in [0.15, 0.2) is 0 Å². The van der Waals surface area contributed by atoms with Gasteiger partial charge in [0, 0.05) is 43.8 Å². The largest absolute Gasteiger partial charge is 0.396 e. The first-order valence-corrected chi connectivity index (χ1v) is 6.29. The van der Waals surface area contributed by atoms with Crippen LogP contribution in [0.5, 0.6) is 0 Å². The summed E-state index contributed by atoms with van der Waals surface area (Å²) in [5, 5.41) is 13.4. The number of nitrogens with one attached hydrogen (secondary N) is 1. The zero-order valence-corrected chi connectivity index (χ0v) is 10.2. The standard InChI is InChI=1S/C10H17N3O2S/c1-7-12-10(16-13-7)11-4-9(5-14)8-2-3-15-6-8/h8-9,14H,2-6H2,1H3,(H,11,12,13)/t8-,9+/m1/s1. The molecule has 1 aliphatic heterocycles. The van der Waals surface area contributed by atoms with Crippen molar-refractivity contribution in [1.82, 2.24) is 9.36 Å². The Balaban J connectivity index is 1.82. The lowest BCUT2D eigenvalue weighted by atomic mass is 9.92. The predicted octanol–water partition coefficient (Wildman–Crippen LogP) is 0.903. The summed E-state index contributed by atoms with van der Waals surface area (Å²) in [6, 6.07) is 0. The van der Waals surface area contributed by atoms with Crippen LogP contribution >= 0.6 is 11.5 Å². The molecule has 2 atom stereocenters. The van der Waals surface area contributed by atoms with Crippen molar-refractivity contribution in [3.63, 3.8) is 0 Å². The van der Waals surface area contributed by atoms with Gasteiger partial charge in [0.05, 0.1) is 0 Å². The van der Waals surface area contributed by atoms with Crippen LogP contribution in [-0.2, 0) is 4.74 Å². The van der Waals surface area contributed by atoms with Crippen molar-refractivity contribution >= 4 is 16.7 Å². The molecule has 1 saturated heterocycles. The minimum Gasteiger partial charge on any atom is -0.396 e. The van der Waals surface area contributed by atoms with Crippen molar-refractivity contribution in [2.45, 2.75) is 13.3 Å². The molecule has 0 spiro atoms. The van der Waals surface area contributed by atoms with Gasteiger partial charge in [0.25, 0.3) is 0 Å². The molecule has 0 bridgehead atoms. The number of aliphatic hydroxyl groups excluding tert-OH is 1. The van der Waals surface area contributed by atoms with E-state index in [0.717, 1.165) is 37.1 Å². The highest BCUT2D eigenvalue weighted by Gasteiger charge is 2.25. The molecule has 2 N–H and O–H groups in total. The summed E-state index contributed by atoms with van der Waals surface area (Å²) in [7, 11) is 0. The number of rotatable bonds is 5. The van der Waals surface area contributed by atoms with Gasteiger partial charge in [-0.1, -0.05) is 0 Å². The van der Waals surface area contributed by atoms with Crippen molar-refractivity contribution in [2.75, 3.05) is 31.7 Å². The normalized spacial score (nSPS) is 22.2. The minimum atomic E-state index is 0.193. The summed E-state index contributed by atoms with van der Waals surface area (Å²) >= 11 is 1.36. The Labute approximate surface area is 99.0 Å². The second-order valence-corrected chi connectivity index (χ2v) is 4.85. The quantitative estimate of drug-likeness (QED) is 0.804. The molecule has 0 saturated carbocycles. The molecule has 2 rings (SSSR count). The maximum absolute atomic E-state index is 9.34. The molecule has 0 radical (unpaired) electrons. The number of ether oxygens (including phenoxy) is 1. The fraction of sp³-hybridized carbons (Fsp3) is 0.800. The molecule has 0 amide bonds. The number of hydrogen-bond acceptors (Lipinski definition) is 6. The van der Waals surface area contributed by atoms with Crippen molar-refractivity contribution in [1.29, 1.82) is 0 Å². The Morgan fingerprint density at radius 2 is 2.56 bits per heavy atom. The van der Waals surface area contributed by atoms with Crippen LogP contribution in [0.15, 0.2) is 0 Å². The maximum atomic E-state index is 9.34. The summed E-state index contributed by atoms with van der Waals surface area (Å²) in [6.45, 7) is 4.38. The molecule has 0 aliphatic carbocycles. The first-order chi connectivity index (χ1) is 7.79. The van der Waals surface area contributed by atoms with Crippen LogP contribution in [0, 0.1) is 18.8 Å². The smallest absolute Gasteiger partial charge is 0.202 e. The van der Waals surface area contributed by atoms with Gasteiger partial charge in [-0.2, -0.15) is 4.37 Å². The molecule has 16 heavy (non-hydrogen) atoms. The maximum Gasteiger partial charge on any atom is 0.202 e. The lowest BCUT2D eigenvalue weighted by molar-refractivity contribution is 0.145.